The van der Waals surface area contributed by atoms with Crippen LogP contribution in [0, 0.1) is 5.82 Å². The molecule has 1 aliphatic rings. The number of methoxy groups -OCH3 is 1. The van der Waals surface area contributed by atoms with Gasteiger partial charge in [0, 0.05) is 43.2 Å². The molecule has 1 saturated heterocycles. The zero-order valence-electron chi connectivity index (χ0n) is 11.1. The molecule has 1 fully saturated rings. The third kappa shape index (κ3) is 2.86. The van der Waals surface area contributed by atoms with Crippen molar-refractivity contribution >= 4 is 27.5 Å². The highest BCUT2D eigenvalue weighted by atomic mass is 79.9. The molecule has 3 N–H and O–H groups in total. The summed E-state index contributed by atoms with van der Waals surface area (Å²) >= 11 is 9.16. The minimum atomic E-state index is -0.606. The Bertz CT molecular complexity index is 484. The second-order valence-electron chi connectivity index (χ2n) is 4.75. The second-order valence-corrected chi connectivity index (χ2v) is 5.98. The van der Waals surface area contributed by atoms with Crippen molar-refractivity contribution in [3.8, 4) is 0 Å². The summed E-state index contributed by atoms with van der Waals surface area (Å²) in [6.45, 7) is 1.11. The summed E-state index contributed by atoms with van der Waals surface area (Å²) in [6, 6.07) is 2.86. The molecule has 1 aliphatic heterocycles. The van der Waals surface area contributed by atoms with Gasteiger partial charge in [0.15, 0.2) is 0 Å². The molecule has 0 saturated carbocycles. The molecular weight excluding hydrogens is 351 g/mol. The number of ether oxygens (including phenoxy) is 2. The number of rotatable bonds is 4. The van der Waals surface area contributed by atoms with Crippen LogP contribution in [0.1, 0.15) is 24.4 Å². The molecule has 112 valence electrons. The Morgan fingerprint density at radius 2 is 2.15 bits per heavy atom. The second kappa shape index (κ2) is 6.68. The summed E-state index contributed by atoms with van der Waals surface area (Å²) in [7, 11) is 1.61. The number of hydrazine groups is 1. The molecule has 0 aromatic heterocycles. The van der Waals surface area contributed by atoms with Crippen LogP contribution in [0.3, 0.4) is 0 Å². The number of nitrogens with one attached hydrogen (secondary N) is 1. The number of hydrogen-bond acceptors (Lipinski definition) is 4. The van der Waals surface area contributed by atoms with E-state index in [9.17, 15) is 4.39 Å². The van der Waals surface area contributed by atoms with Gasteiger partial charge in [-0.25, -0.2) is 9.82 Å². The first-order valence-corrected chi connectivity index (χ1v) is 7.45. The van der Waals surface area contributed by atoms with Gasteiger partial charge in [-0.3, -0.25) is 5.84 Å². The third-order valence-corrected chi connectivity index (χ3v) is 5.07. The lowest BCUT2D eigenvalue weighted by Gasteiger charge is -2.42. The Kier molecular flexibility index (Phi) is 5.39. The van der Waals surface area contributed by atoms with E-state index in [4.69, 9.17) is 26.9 Å². The average Bonchev–Trinajstić information content (AvgIpc) is 2.49. The number of benzene rings is 1. The van der Waals surface area contributed by atoms with Crippen LogP contribution in [-0.4, -0.2) is 25.9 Å². The van der Waals surface area contributed by atoms with E-state index in [-0.39, 0.29) is 5.02 Å². The van der Waals surface area contributed by atoms with Gasteiger partial charge < -0.3 is 9.47 Å². The van der Waals surface area contributed by atoms with Gasteiger partial charge in [-0.05, 0) is 22.0 Å². The van der Waals surface area contributed by atoms with Crippen molar-refractivity contribution in [2.75, 3.05) is 20.3 Å². The van der Waals surface area contributed by atoms with Gasteiger partial charge in [0.25, 0.3) is 0 Å². The van der Waals surface area contributed by atoms with Crippen LogP contribution in [0.15, 0.2) is 16.6 Å². The molecule has 0 amide bonds. The lowest BCUT2D eigenvalue weighted by molar-refractivity contribution is -0.112. The minimum Gasteiger partial charge on any atom is -0.381 e. The Morgan fingerprint density at radius 3 is 2.70 bits per heavy atom. The van der Waals surface area contributed by atoms with Gasteiger partial charge in [0.05, 0.1) is 16.7 Å². The maximum atomic E-state index is 14.4. The molecule has 1 unspecified atom stereocenters. The van der Waals surface area contributed by atoms with Crippen molar-refractivity contribution in [2.24, 2.45) is 5.84 Å². The highest BCUT2D eigenvalue weighted by molar-refractivity contribution is 9.10. The highest BCUT2D eigenvalue weighted by Gasteiger charge is 2.42. The molecule has 1 aromatic rings. The van der Waals surface area contributed by atoms with Crippen molar-refractivity contribution in [1.29, 1.82) is 0 Å². The maximum absolute atomic E-state index is 14.4. The molecule has 4 nitrogen and oxygen atoms in total. The summed E-state index contributed by atoms with van der Waals surface area (Å²) in [6.07, 6.45) is 1.26. The van der Waals surface area contributed by atoms with E-state index in [2.05, 4.69) is 21.4 Å². The van der Waals surface area contributed by atoms with Gasteiger partial charge in [0.2, 0.25) is 0 Å². The van der Waals surface area contributed by atoms with Crippen LogP contribution < -0.4 is 11.3 Å². The fourth-order valence-corrected chi connectivity index (χ4v) is 3.09. The summed E-state index contributed by atoms with van der Waals surface area (Å²) in [5, 5.41) is 0.0427. The Hall–Kier alpha value is -0.240. The number of nitrogens with two attached hydrogens (primary N) is 1. The predicted molar refractivity (Wildman–Crippen MR) is 79.0 cm³/mol. The van der Waals surface area contributed by atoms with Crippen molar-refractivity contribution in [3.05, 3.63) is 33.0 Å². The van der Waals surface area contributed by atoms with E-state index >= 15 is 0 Å². The summed E-state index contributed by atoms with van der Waals surface area (Å²) in [5.41, 5.74) is 2.46. The molecule has 1 aromatic carbocycles. The Morgan fingerprint density at radius 1 is 1.50 bits per heavy atom. The zero-order valence-corrected chi connectivity index (χ0v) is 13.4. The number of hydrogen-bond donors (Lipinski definition) is 2. The fraction of sp³-hybridized carbons (Fsp3) is 0.538. The molecule has 20 heavy (non-hydrogen) atoms. The van der Waals surface area contributed by atoms with Crippen LogP contribution in [0.25, 0.3) is 0 Å². The van der Waals surface area contributed by atoms with Gasteiger partial charge in [-0.15, -0.1) is 0 Å². The molecule has 0 spiro atoms. The first-order valence-electron chi connectivity index (χ1n) is 6.28. The van der Waals surface area contributed by atoms with E-state index in [1.165, 1.54) is 0 Å². The van der Waals surface area contributed by atoms with Crippen molar-refractivity contribution in [1.82, 2.24) is 5.43 Å². The summed E-state index contributed by atoms with van der Waals surface area (Å²) in [5.74, 6) is 5.17. The monoisotopic (exact) mass is 366 g/mol. The quantitative estimate of drug-likeness (QED) is 0.488. The van der Waals surface area contributed by atoms with Crippen LogP contribution in [0.4, 0.5) is 4.39 Å². The van der Waals surface area contributed by atoms with E-state index in [0.29, 0.717) is 36.1 Å². The molecule has 0 aliphatic carbocycles. The largest absolute Gasteiger partial charge is 0.381 e. The van der Waals surface area contributed by atoms with E-state index in [1.54, 1.807) is 19.2 Å². The normalized spacial score (nSPS) is 19.9. The summed E-state index contributed by atoms with van der Waals surface area (Å²) < 4.78 is 25.9. The lowest BCUT2D eigenvalue weighted by Crippen LogP contribution is -2.51. The third-order valence-electron chi connectivity index (χ3n) is 3.81. The first kappa shape index (κ1) is 16.1. The van der Waals surface area contributed by atoms with Crippen LogP contribution in [0.5, 0.6) is 0 Å². The SMILES string of the molecule is COC1(C(NN)c2ccc(Br)c(Cl)c2F)CCOCC1. The van der Waals surface area contributed by atoms with Crippen LogP contribution >= 0.6 is 27.5 Å². The molecule has 1 atom stereocenters. The van der Waals surface area contributed by atoms with E-state index in [1.807, 2.05) is 0 Å². The van der Waals surface area contributed by atoms with Crippen molar-refractivity contribution < 1.29 is 13.9 Å². The molecule has 7 heteroatoms. The molecule has 0 bridgehead atoms. The Balaban J connectivity index is 2.43. The van der Waals surface area contributed by atoms with E-state index < -0.39 is 17.5 Å². The predicted octanol–water partition coefficient (Wildman–Crippen LogP) is 2.94. The minimum absolute atomic E-state index is 0.0427. The zero-order chi connectivity index (χ0) is 14.8. The fourth-order valence-electron chi connectivity index (χ4n) is 2.62. The first-order chi connectivity index (χ1) is 9.55. The van der Waals surface area contributed by atoms with Gasteiger partial charge in [-0.2, -0.15) is 0 Å². The van der Waals surface area contributed by atoms with Crippen LogP contribution in [-0.2, 0) is 9.47 Å². The molecule has 0 radical (unpaired) electrons. The van der Waals surface area contributed by atoms with Gasteiger partial charge in [0.1, 0.15) is 5.82 Å². The molecule has 2 rings (SSSR count). The van der Waals surface area contributed by atoms with Crippen molar-refractivity contribution in [3.63, 3.8) is 0 Å². The topological polar surface area (TPSA) is 56.5 Å². The standard InChI is InChI=1S/C13H17BrClFN2O2/c1-19-13(4-6-20-7-5-13)12(18-17)8-2-3-9(14)10(15)11(8)16/h2-3,12,18H,4-7,17H2,1H3. The highest BCUT2D eigenvalue weighted by Crippen LogP contribution is 2.40. The smallest absolute Gasteiger partial charge is 0.147 e. The van der Waals surface area contributed by atoms with Gasteiger partial charge in [-0.1, -0.05) is 17.7 Å². The van der Waals surface area contributed by atoms with Crippen molar-refractivity contribution in [2.45, 2.75) is 24.5 Å². The Labute approximate surface area is 130 Å². The molecule has 1 heterocycles. The maximum Gasteiger partial charge on any atom is 0.147 e. The number of halogens is 3. The average molecular weight is 368 g/mol. The van der Waals surface area contributed by atoms with E-state index in [0.717, 1.165) is 0 Å². The molecular formula is C13H17BrClFN2O2. The van der Waals surface area contributed by atoms with Gasteiger partial charge >= 0.3 is 0 Å². The lowest BCUT2D eigenvalue weighted by atomic mass is 9.82. The summed E-state index contributed by atoms with van der Waals surface area (Å²) in [4.78, 5) is 0. The van der Waals surface area contributed by atoms with Crippen LogP contribution in [0.2, 0.25) is 5.02 Å².